The molecule has 1 aromatic carbocycles. The van der Waals surface area contributed by atoms with E-state index in [1.54, 1.807) is 12.3 Å². The minimum Gasteiger partial charge on any atom is -0.288 e. The lowest BCUT2D eigenvalue weighted by atomic mass is 9.95. The summed E-state index contributed by atoms with van der Waals surface area (Å²) in [5, 5.41) is 0. The average Bonchev–Trinajstić information content (AvgIpc) is 2.61. The maximum absolute atomic E-state index is 12.1. The fraction of sp³-hybridized carbons (Fsp3) is 0.0833. The van der Waals surface area contributed by atoms with Gasteiger partial charge in [0.1, 0.15) is 0 Å². The van der Waals surface area contributed by atoms with Crippen LogP contribution in [0, 0.1) is 0 Å². The highest BCUT2D eigenvalue weighted by Crippen LogP contribution is 2.31. The summed E-state index contributed by atoms with van der Waals surface area (Å²) in [6, 6.07) is 7.38. The van der Waals surface area contributed by atoms with E-state index in [0.717, 1.165) is 11.4 Å². The Hall–Kier alpha value is -2.03. The summed E-state index contributed by atoms with van der Waals surface area (Å²) < 4.78 is 0. The average molecular weight is 196 g/mol. The number of carbonyl (C=O) groups is 1. The van der Waals surface area contributed by atoms with E-state index in [2.05, 4.69) is 9.98 Å². The van der Waals surface area contributed by atoms with Crippen molar-refractivity contribution in [2.24, 2.45) is 9.98 Å². The number of allylic oxidation sites excluding steroid dienone is 2. The summed E-state index contributed by atoms with van der Waals surface area (Å²) >= 11 is 0. The molecule has 0 atom stereocenters. The number of hydrogen-bond acceptors (Lipinski definition) is 3. The van der Waals surface area contributed by atoms with Gasteiger partial charge in [-0.15, -0.1) is 0 Å². The highest BCUT2D eigenvalue weighted by atomic mass is 16.1. The van der Waals surface area contributed by atoms with E-state index in [1.807, 2.05) is 25.1 Å². The van der Waals surface area contributed by atoms with Gasteiger partial charge in [0.2, 0.25) is 0 Å². The molecule has 3 nitrogen and oxygen atoms in total. The van der Waals surface area contributed by atoms with E-state index in [0.29, 0.717) is 16.8 Å². The Morgan fingerprint density at radius 2 is 2.00 bits per heavy atom. The zero-order valence-electron chi connectivity index (χ0n) is 8.19. The highest BCUT2D eigenvalue weighted by Gasteiger charge is 2.28. The molecule has 0 saturated carbocycles. The molecule has 0 radical (unpaired) electrons. The Morgan fingerprint density at radius 3 is 2.87 bits per heavy atom. The van der Waals surface area contributed by atoms with Gasteiger partial charge in [0, 0.05) is 5.56 Å². The van der Waals surface area contributed by atoms with Crippen LogP contribution in [0.1, 0.15) is 17.3 Å². The molecule has 0 saturated heterocycles. The van der Waals surface area contributed by atoms with Gasteiger partial charge in [-0.3, -0.25) is 9.79 Å². The second kappa shape index (κ2) is 2.73. The molecule has 0 bridgehead atoms. The molecule has 0 amide bonds. The largest absolute Gasteiger partial charge is 0.288 e. The van der Waals surface area contributed by atoms with Crippen molar-refractivity contribution in [1.82, 2.24) is 0 Å². The second-order valence-electron chi connectivity index (χ2n) is 3.56. The summed E-state index contributed by atoms with van der Waals surface area (Å²) in [5.41, 5.74) is 3.50. The molecule has 2 heterocycles. The van der Waals surface area contributed by atoms with Crippen LogP contribution in [0.3, 0.4) is 0 Å². The van der Waals surface area contributed by atoms with Crippen molar-refractivity contribution >= 4 is 23.4 Å². The fourth-order valence-electron chi connectivity index (χ4n) is 1.87. The first-order chi connectivity index (χ1) is 7.27. The number of carbonyl (C=O) groups excluding carboxylic acids is 1. The van der Waals surface area contributed by atoms with E-state index in [-0.39, 0.29) is 5.78 Å². The monoisotopic (exact) mass is 196 g/mol. The number of fused-ring (bicyclic) bond motifs is 2. The predicted molar refractivity (Wildman–Crippen MR) is 59.1 cm³/mol. The van der Waals surface area contributed by atoms with Crippen molar-refractivity contribution < 1.29 is 4.79 Å². The van der Waals surface area contributed by atoms with Gasteiger partial charge in [0.15, 0.2) is 5.78 Å². The summed E-state index contributed by atoms with van der Waals surface area (Å²) in [4.78, 5) is 20.6. The Labute approximate surface area is 86.9 Å². The van der Waals surface area contributed by atoms with Crippen LogP contribution in [-0.2, 0) is 0 Å². The minimum atomic E-state index is 0.0330. The topological polar surface area (TPSA) is 41.8 Å². The third kappa shape index (κ3) is 1.03. The van der Waals surface area contributed by atoms with Crippen LogP contribution >= 0.6 is 0 Å². The minimum absolute atomic E-state index is 0.0330. The summed E-state index contributed by atoms with van der Waals surface area (Å²) in [7, 11) is 0. The Morgan fingerprint density at radius 1 is 1.20 bits per heavy atom. The first-order valence-corrected chi connectivity index (χ1v) is 4.75. The van der Waals surface area contributed by atoms with Crippen molar-refractivity contribution in [2.75, 3.05) is 0 Å². The molecule has 0 aromatic heterocycles. The quantitative estimate of drug-likeness (QED) is 0.627. The van der Waals surface area contributed by atoms with Crippen molar-refractivity contribution in [3.05, 3.63) is 41.1 Å². The fourth-order valence-corrected chi connectivity index (χ4v) is 1.87. The van der Waals surface area contributed by atoms with Gasteiger partial charge in [-0.05, 0) is 19.1 Å². The third-order valence-electron chi connectivity index (χ3n) is 2.62. The lowest BCUT2D eigenvalue weighted by Crippen LogP contribution is -2.16. The SMILES string of the molecule is CC1=C2C(=O)c3ccccc3N=C2C=N1. The predicted octanol–water partition coefficient (Wildman–Crippen LogP) is 2.31. The van der Waals surface area contributed by atoms with Gasteiger partial charge in [0.05, 0.1) is 28.9 Å². The Kier molecular flexibility index (Phi) is 1.51. The zero-order valence-corrected chi connectivity index (χ0v) is 8.19. The molecule has 3 heteroatoms. The van der Waals surface area contributed by atoms with Crippen LogP contribution in [0.5, 0.6) is 0 Å². The van der Waals surface area contributed by atoms with E-state index in [4.69, 9.17) is 0 Å². The Bertz CT molecular complexity index is 565. The molecule has 0 fully saturated rings. The van der Waals surface area contributed by atoms with Crippen LogP contribution in [0.25, 0.3) is 0 Å². The van der Waals surface area contributed by atoms with Gasteiger partial charge in [0.25, 0.3) is 0 Å². The number of hydrogen-bond donors (Lipinski definition) is 0. The molecular formula is C12H8N2O. The molecule has 0 N–H and O–H groups in total. The number of para-hydroxylation sites is 1. The van der Waals surface area contributed by atoms with Crippen LogP contribution in [-0.4, -0.2) is 17.7 Å². The molecule has 2 aliphatic heterocycles. The van der Waals surface area contributed by atoms with Crippen LogP contribution in [0.2, 0.25) is 0 Å². The smallest absolute Gasteiger partial charge is 0.199 e. The van der Waals surface area contributed by atoms with E-state index in [9.17, 15) is 4.79 Å². The molecule has 1 aromatic rings. The van der Waals surface area contributed by atoms with Crippen LogP contribution in [0.4, 0.5) is 5.69 Å². The van der Waals surface area contributed by atoms with E-state index < -0.39 is 0 Å². The van der Waals surface area contributed by atoms with Crippen molar-refractivity contribution in [3.8, 4) is 0 Å². The molecule has 72 valence electrons. The summed E-state index contributed by atoms with van der Waals surface area (Å²) in [6.45, 7) is 1.83. The Balaban J connectivity index is 2.32. The van der Waals surface area contributed by atoms with Crippen molar-refractivity contribution in [3.63, 3.8) is 0 Å². The van der Waals surface area contributed by atoms with E-state index >= 15 is 0 Å². The summed E-state index contributed by atoms with van der Waals surface area (Å²) in [5.74, 6) is 0.0330. The number of rotatable bonds is 0. The van der Waals surface area contributed by atoms with Crippen LogP contribution in [0.15, 0.2) is 45.5 Å². The second-order valence-corrected chi connectivity index (χ2v) is 3.56. The number of Topliss-reactive ketones (excluding diaryl/α,β-unsaturated/α-hetero) is 1. The third-order valence-corrected chi connectivity index (χ3v) is 2.62. The molecule has 3 rings (SSSR count). The van der Waals surface area contributed by atoms with Crippen molar-refractivity contribution in [1.29, 1.82) is 0 Å². The maximum Gasteiger partial charge on any atom is 0.199 e. The zero-order chi connectivity index (χ0) is 10.4. The molecule has 0 aliphatic carbocycles. The lowest BCUT2D eigenvalue weighted by molar-refractivity contribution is 0.103. The highest BCUT2D eigenvalue weighted by molar-refractivity contribution is 6.51. The van der Waals surface area contributed by atoms with Crippen LogP contribution < -0.4 is 0 Å². The standard InChI is InChI=1S/C12H8N2O/c1-7-11-10(6-13-7)14-9-5-3-2-4-8(9)12(11)15/h2-6H,1H3. The molecular weight excluding hydrogens is 188 g/mol. The van der Waals surface area contributed by atoms with Crippen molar-refractivity contribution in [2.45, 2.75) is 6.92 Å². The normalized spacial score (nSPS) is 17.7. The summed E-state index contributed by atoms with van der Waals surface area (Å²) in [6.07, 6.45) is 1.65. The molecule has 0 spiro atoms. The number of aliphatic imine (C=N–C) groups is 2. The number of ketones is 1. The van der Waals surface area contributed by atoms with Gasteiger partial charge >= 0.3 is 0 Å². The van der Waals surface area contributed by atoms with Gasteiger partial charge in [-0.25, -0.2) is 4.99 Å². The molecule has 0 unspecified atom stereocenters. The first kappa shape index (κ1) is 8.29. The lowest BCUT2D eigenvalue weighted by Gasteiger charge is -2.12. The first-order valence-electron chi connectivity index (χ1n) is 4.75. The van der Waals surface area contributed by atoms with Gasteiger partial charge in [-0.2, -0.15) is 0 Å². The number of nitrogens with zero attached hydrogens (tertiary/aromatic N) is 2. The van der Waals surface area contributed by atoms with E-state index in [1.165, 1.54) is 0 Å². The maximum atomic E-state index is 12.1. The van der Waals surface area contributed by atoms with Gasteiger partial charge in [-0.1, -0.05) is 12.1 Å². The molecule has 15 heavy (non-hydrogen) atoms. The number of benzene rings is 1. The molecule has 2 aliphatic rings. The van der Waals surface area contributed by atoms with Gasteiger partial charge < -0.3 is 0 Å².